The Morgan fingerprint density at radius 3 is 2.11 bits per heavy atom. The van der Waals surface area contributed by atoms with Gasteiger partial charge in [0.05, 0.1) is 13.2 Å². The summed E-state index contributed by atoms with van der Waals surface area (Å²) in [4.78, 5) is 0. The van der Waals surface area contributed by atoms with Gasteiger partial charge in [-0.3, -0.25) is 0 Å². The molecule has 1 saturated heterocycles. The first-order valence-electron chi connectivity index (χ1n) is 3.96. The van der Waals surface area contributed by atoms with E-state index < -0.39 is 0 Å². The predicted molar refractivity (Wildman–Crippen MR) is 34.1 cm³/mol. The van der Waals surface area contributed by atoms with Crippen LogP contribution in [-0.4, -0.2) is 13.2 Å². The van der Waals surface area contributed by atoms with Crippen LogP contribution >= 0.6 is 0 Å². The Morgan fingerprint density at radius 1 is 1.11 bits per heavy atom. The summed E-state index contributed by atoms with van der Waals surface area (Å²) in [7, 11) is 0. The molecule has 0 N–H and O–H groups in total. The van der Waals surface area contributed by atoms with Crippen molar-refractivity contribution in [1.82, 2.24) is 0 Å². The van der Waals surface area contributed by atoms with Crippen LogP contribution in [0, 0.1) is 17.3 Å². The van der Waals surface area contributed by atoms with Crippen molar-refractivity contribution < 1.29 is 4.74 Å². The molecule has 0 aromatic heterocycles. The van der Waals surface area contributed by atoms with E-state index in [-0.39, 0.29) is 0 Å². The van der Waals surface area contributed by atoms with E-state index in [1.165, 1.54) is 12.8 Å². The zero-order valence-electron chi connectivity index (χ0n) is 5.60. The van der Waals surface area contributed by atoms with Crippen LogP contribution in [0.4, 0.5) is 0 Å². The maximum Gasteiger partial charge on any atom is 0.0545 e. The summed E-state index contributed by atoms with van der Waals surface area (Å²) in [5.74, 6) is 2.27. The Kier molecular flexibility index (Phi) is 0.628. The molecule has 2 atom stereocenters. The Morgan fingerprint density at radius 2 is 1.78 bits per heavy atom. The zero-order chi connectivity index (χ0) is 5.90. The van der Waals surface area contributed by atoms with Crippen LogP contribution in [0.3, 0.4) is 0 Å². The Balaban J connectivity index is 1.81. The molecule has 1 aliphatic heterocycles. The second kappa shape index (κ2) is 1.20. The van der Waals surface area contributed by atoms with Gasteiger partial charge in [-0.2, -0.15) is 0 Å². The first-order valence-corrected chi connectivity index (χ1v) is 3.96. The highest BCUT2D eigenvalue weighted by Crippen LogP contribution is 2.62. The summed E-state index contributed by atoms with van der Waals surface area (Å²) in [5.41, 5.74) is 0.716. The van der Waals surface area contributed by atoms with E-state index in [2.05, 4.69) is 0 Å². The molecule has 3 fully saturated rings. The normalized spacial score (nSPS) is 50.7. The molecule has 1 spiro atoms. The largest absolute Gasteiger partial charge is 0.380 e. The second-order valence-electron chi connectivity index (χ2n) is 4.16. The lowest BCUT2D eigenvalue weighted by atomic mass is 9.81. The molecular formula is C8H12O. The van der Waals surface area contributed by atoms with E-state index in [0.717, 1.165) is 25.0 Å². The fraction of sp³-hybridized carbons (Fsp3) is 1.00. The van der Waals surface area contributed by atoms with Crippen molar-refractivity contribution >= 4 is 0 Å². The van der Waals surface area contributed by atoms with Crippen molar-refractivity contribution in [2.24, 2.45) is 17.3 Å². The molecule has 50 valence electrons. The molecule has 0 aromatic rings. The quantitative estimate of drug-likeness (QED) is 0.474. The lowest BCUT2D eigenvalue weighted by Crippen LogP contribution is -2.40. The van der Waals surface area contributed by atoms with Gasteiger partial charge in [-0.1, -0.05) is 0 Å². The van der Waals surface area contributed by atoms with Crippen LogP contribution in [-0.2, 0) is 4.74 Å². The van der Waals surface area contributed by atoms with Crippen molar-refractivity contribution in [2.75, 3.05) is 13.2 Å². The molecule has 1 heteroatoms. The first-order chi connectivity index (χ1) is 4.38. The van der Waals surface area contributed by atoms with Gasteiger partial charge in [0, 0.05) is 5.41 Å². The summed E-state index contributed by atoms with van der Waals surface area (Å²) in [6, 6.07) is 0. The monoisotopic (exact) mass is 124 g/mol. The minimum absolute atomic E-state index is 0.716. The Labute approximate surface area is 55.4 Å². The molecule has 0 radical (unpaired) electrons. The van der Waals surface area contributed by atoms with E-state index in [4.69, 9.17) is 4.74 Å². The summed E-state index contributed by atoms with van der Waals surface area (Å²) in [6.07, 6.45) is 4.54. The minimum atomic E-state index is 0.716. The summed E-state index contributed by atoms with van der Waals surface area (Å²) in [5, 5.41) is 0. The maximum atomic E-state index is 5.23. The molecule has 0 bridgehead atoms. The molecule has 0 aromatic carbocycles. The SMILES string of the molecule is C1[C@@H]2CC3(COC3)C[C@H]12. The van der Waals surface area contributed by atoms with Crippen molar-refractivity contribution in [2.45, 2.75) is 19.3 Å². The third-order valence-corrected chi connectivity index (χ3v) is 3.28. The number of fused-ring (bicyclic) bond motifs is 1. The molecule has 2 aliphatic carbocycles. The molecule has 1 heterocycles. The zero-order valence-corrected chi connectivity index (χ0v) is 5.60. The molecule has 0 amide bonds. The van der Waals surface area contributed by atoms with Gasteiger partial charge in [0.2, 0.25) is 0 Å². The average Bonchev–Trinajstić information content (AvgIpc) is 2.37. The van der Waals surface area contributed by atoms with Crippen molar-refractivity contribution in [3.8, 4) is 0 Å². The van der Waals surface area contributed by atoms with Gasteiger partial charge in [0.1, 0.15) is 0 Å². The van der Waals surface area contributed by atoms with Crippen LogP contribution in [0.5, 0.6) is 0 Å². The molecule has 1 nitrogen and oxygen atoms in total. The van der Waals surface area contributed by atoms with Crippen LogP contribution < -0.4 is 0 Å². The molecule has 3 aliphatic rings. The van der Waals surface area contributed by atoms with Gasteiger partial charge < -0.3 is 4.74 Å². The van der Waals surface area contributed by atoms with Gasteiger partial charge in [0.15, 0.2) is 0 Å². The van der Waals surface area contributed by atoms with Gasteiger partial charge >= 0.3 is 0 Å². The fourth-order valence-corrected chi connectivity index (χ4v) is 2.63. The van der Waals surface area contributed by atoms with E-state index in [9.17, 15) is 0 Å². The van der Waals surface area contributed by atoms with Gasteiger partial charge in [-0.05, 0) is 31.1 Å². The Hall–Kier alpha value is -0.0400. The highest BCUT2D eigenvalue weighted by molar-refractivity contribution is 5.05. The molecule has 2 saturated carbocycles. The smallest absolute Gasteiger partial charge is 0.0545 e. The van der Waals surface area contributed by atoms with Crippen LogP contribution in [0.25, 0.3) is 0 Å². The van der Waals surface area contributed by atoms with Gasteiger partial charge in [-0.15, -0.1) is 0 Å². The van der Waals surface area contributed by atoms with E-state index in [1.54, 1.807) is 6.42 Å². The van der Waals surface area contributed by atoms with Crippen molar-refractivity contribution in [1.29, 1.82) is 0 Å². The second-order valence-corrected chi connectivity index (χ2v) is 4.16. The summed E-state index contributed by atoms with van der Waals surface area (Å²) in [6.45, 7) is 2.17. The maximum absolute atomic E-state index is 5.23. The molecule has 0 unspecified atom stereocenters. The molecule has 3 rings (SSSR count). The van der Waals surface area contributed by atoms with Crippen molar-refractivity contribution in [3.05, 3.63) is 0 Å². The Bertz CT molecular complexity index is 137. The minimum Gasteiger partial charge on any atom is -0.380 e. The third-order valence-electron chi connectivity index (χ3n) is 3.28. The van der Waals surface area contributed by atoms with Crippen LogP contribution in [0.2, 0.25) is 0 Å². The average molecular weight is 124 g/mol. The lowest BCUT2D eigenvalue weighted by molar-refractivity contribution is -0.114. The third kappa shape index (κ3) is 0.493. The van der Waals surface area contributed by atoms with E-state index in [1.807, 2.05) is 0 Å². The predicted octanol–water partition coefficient (Wildman–Crippen LogP) is 1.43. The summed E-state index contributed by atoms with van der Waals surface area (Å²) < 4.78 is 5.23. The first kappa shape index (κ1) is 4.73. The standard InChI is InChI=1S/C8H12O/c1-6-2-8(3-7(1)6)4-9-5-8/h6-7H,1-5H2/t6-,7+. The number of rotatable bonds is 0. The van der Waals surface area contributed by atoms with Crippen LogP contribution in [0.1, 0.15) is 19.3 Å². The summed E-state index contributed by atoms with van der Waals surface area (Å²) >= 11 is 0. The van der Waals surface area contributed by atoms with Crippen LogP contribution in [0.15, 0.2) is 0 Å². The molecule has 9 heavy (non-hydrogen) atoms. The molecular weight excluding hydrogens is 112 g/mol. The van der Waals surface area contributed by atoms with Crippen molar-refractivity contribution in [3.63, 3.8) is 0 Å². The number of ether oxygens (including phenoxy) is 1. The topological polar surface area (TPSA) is 9.23 Å². The number of hydrogen-bond donors (Lipinski definition) is 0. The number of hydrogen-bond acceptors (Lipinski definition) is 1. The van der Waals surface area contributed by atoms with E-state index >= 15 is 0 Å². The highest BCUT2D eigenvalue weighted by Gasteiger charge is 2.56. The van der Waals surface area contributed by atoms with Gasteiger partial charge in [0.25, 0.3) is 0 Å². The lowest BCUT2D eigenvalue weighted by Gasteiger charge is -2.39. The highest BCUT2D eigenvalue weighted by atomic mass is 16.5. The van der Waals surface area contributed by atoms with Gasteiger partial charge in [-0.25, -0.2) is 0 Å². The van der Waals surface area contributed by atoms with E-state index in [0.29, 0.717) is 5.41 Å². The fourth-order valence-electron chi connectivity index (χ4n) is 2.63.